The molecule has 23 heavy (non-hydrogen) atoms. The first-order valence-corrected chi connectivity index (χ1v) is 8.89. The number of carbonyl (C=O) groups is 2. The number of hydrogen-bond donors (Lipinski definition) is 2. The fraction of sp³-hybridized carbons (Fsp3) is 0.688. The summed E-state index contributed by atoms with van der Waals surface area (Å²) in [5.74, 6) is -0.117. The Balaban J connectivity index is 1.84. The molecule has 128 valence electrons. The lowest BCUT2D eigenvalue weighted by atomic mass is 9.93. The average molecular weight is 338 g/mol. The zero-order chi connectivity index (χ0) is 17.0. The maximum Gasteiger partial charge on any atom is 0.317 e. The molecule has 1 aromatic rings. The molecule has 7 heteroatoms. The molecule has 0 aromatic carbocycles. The molecule has 1 atom stereocenters. The summed E-state index contributed by atoms with van der Waals surface area (Å²) in [6.07, 6.45) is 2.22. The molecule has 1 aromatic heterocycles. The van der Waals surface area contributed by atoms with Crippen LogP contribution in [-0.2, 0) is 16.8 Å². The highest BCUT2D eigenvalue weighted by molar-refractivity contribution is 7.09. The fourth-order valence-electron chi connectivity index (χ4n) is 2.70. The van der Waals surface area contributed by atoms with Gasteiger partial charge in [-0.05, 0) is 18.8 Å². The van der Waals surface area contributed by atoms with Crippen molar-refractivity contribution in [2.75, 3.05) is 13.1 Å². The summed E-state index contributed by atoms with van der Waals surface area (Å²) in [5, 5.41) is 5.88. The van der Waals surface area contributed by atoms with E-state index in [1.54, 1.807) is 16.2 Å². The first-order valence-electron chi connectivity index (χ1n) is 8.01. The molecule has 3 amide bonds. The zero-order valence-electron chi connectivity index (χ0n) is 14.1. The number of nitrogens with two attached hydrogens (primary N) is 1. The zero-order valence-corrected chi connectivity index (χ0v) is 14.9. The summed E-state index contributed by atoms with van der Waals surface area (Å²) in [7, 11) is 0. The van der Waals surface area contributed by atoms with Gasteiger partial charge in [0.25, 0.3) is 0 Å². The number of amides is 3. The average Bonchev–Trinajstić information content (AvgIpc) is 2.93. The maximum atomic E-state index is 12.3. The minimum absolute atomic E-state index is 0.0214. The third-order valence-electron chi connectivity index (χ3n) is 4.01. The van der Waals surface area contributed by atoms with Gasteiger partial charge >= 0.3 is 6.03 Å². The van der Waals surface area contributed by atoms with Gasteiger partial charge in [0.05, 0.1) is 12.2 Å². The second-order valence-electron chi connectivity index (χ2n) is 7.16. The van der Waals surface area contributed by atoms with Crippen molar-refractivity contribution < 1.29 is 9.59 Å². The Morgan fingerprint density at radius 2 is 2.22 bits per heavy atom. The van der Waals surface area contributed by atoms with Crippen LogP contribution in [0.3, 0.4) is 0 Å². The second kappa shape index (κ2) is 7.29. The van der Waals surface area contributed by atoms with E-state index in [0.29, 0.717) is 19.5 Å². The third kappa shape index (κ3) is 5.20. The van der Waals surface area contributed by atoms with Crippen molar-refractivity contribution in [1.29, 1.82) is 0 Å². The van der Waals surface area contributed by atoms with Gasteiger partial charge in [-0.1, -0.05) is 20.8 Å². The molecule has 3 N–H and O–H groups in total. The topological polar surface area (TPSA) is 88.3 Å². The predicted molar refractivity (Wildman–Crippen MR) is 91.2 cm³/mol. The number of likely N-dealkylation sites (tertiary alicyclic amines) is 1. The lowest BCUT2D eigenvalue weighted by molar-refractivity contribution is -0.119. The van der Waals surface area contributed by atoms with Crippen LogP contribution in [0.4, 0.5) is 4.79 Å². The minimum atomic E-state index is -0.297. The van der Waals surface area contributed by atoms with Crippen LogP contribution in [0.25, 0.3) is 0 Å². The van der Waals surface area contributed by atoms with Crippen LogP contribution in [0.5, 0.6) is 0 Å². The number of piperidine rings is 1. The highest BCUT2D eigenvalue weighted by Crippen LogP contribution is 2.24. The van der Waals surface area contributed by atoms with Crippen LogP contribution in [-0.4, -0.2) is 34.9 Å². The van der Waals surface area contributed by atoms with Crippen molar-refractivity contribution >= 4 is 23.3 Å². The van der Waals surface area contributed by atoms with Crippen LogP contribution < -0.4 is 11.1 Å². The van der Waals surface area contributed by atoms with E-state index in [4.69, 9.17) is 5.73 Å². The number of carbonyl (C=O) groups excluding carboxylic acids is 2. The van der Waals surface area contributed by atoms with Crippen molar-refractivity contribution in [2.24, 2.45) is 11.7 Å². The SMILES string of the molecule is CC(C)(C)c1csc(CNC(=O)N2CCCC(CC(N)=O)C2)n1. The number of nitrogens with one attached hydrogen (secondary N) is 1. The third-order valence-corrected chi connectivity index (χ3v) is 4.86. The van der Waals surface area contributed by atoms with Gasteiger partial charge in [0, 0.05) is 30.3 Å². The number of primary amides is 1. The number of rotatable bonds is 4. The van der Waals surface area contributed by atoms with Gasteiger partial charge in [-0.2, -0.15) is 0 Å². The van der Waals surface area contributed by atoms with Crippen molar-refractivity contribution in [3.63, 3.8) is 0 Å². The lowest BCUT2D eigenvalue weighted by Crippen LogP contribution is -2.45. The number of nitrogens with zero attached hydrogens (tertiary/aromatic N) is 2. The number of aromatic nitrogens is 1. The summed E-state index contributed by atoms with van der Waals surface area (Å²) in [6.45, 7) is 8.13. The van der Waals surface area contributed by atoms with E-state index < -0.39 is 0 Å². The molecule has 1 unspecified atom stereocenters. The van der Waals surface area contributed by atoms with Crippen molar-refractivity contribution in [3.8, 4) is 0 Å². The van der Waals surface area contributed by atoms with Crippen LogP contribution in [0.1, 0.15) is 50.7 Å². The van der Waals surface area contributed by atoms with Crippen LogP contribution in [0.15, 0.2) is 5.38 Å². The fourth-order valence-corrected chi connectivity index (χ4v) is 3.66. The van der Waals surface area contributed by atoms with E-state index in [-0.39, 0.29) is 23.3 Å². The normalized spacial score (nSPS) is 18.7. The van der Waals surface area contributed by atoms with Crippen molar-refractivity contribution in [2.45, 2.75) is 52.0 Å². The Labute approximate surface area is 141 Å². The number of thiazole rings is 1. The van der Waals surface area contributed by atoms with Gasteiger partial charge in [0.2, 0.25) is 5.91 Å². The summed E-state index contributed by atoms with van der Waals surface area (Å²) in [6, 6.07) is -0.0910. The predicted octanol–water partition coefficient (Wildman–Crippen LogP) is 2.24. The molecule has 1 saturated heterocycles. The Morgan fingerprint density at radius 1 is 1.48 bits per heavy atom. The molecule has 2 rings (SSSR count). The quantitative estimate of drug-likeness (QED) is 0.882. The van der Waals surface area contributed by atoms with Gasteiger partial charge in [-0.15, -0.1) is 11.3 Å². The Bertz CT molecular complexity index is 565. The Morgan fingerprint density at radius 3 is 2.83 bits per heavy atom. The molecule has 2 heterocycles. The summed E-state index contributed by atoms with van der Waals surface area (Å²) >= 11 is 1.57. The largest absolute Gasteiger partial charge is 0.370 e. The summed E-state index contributed by atoms with van der Waals surface area (Å²) in [4.78, 5) is 29.7. The first kappa shape index (κ1) is 17.7. The molecule has 0 bridgehead atoms. The first-order chi connectivity index (χ1) is 10.8. The molecule has 1 aliphatic heterocycles. The Kier molecular flexibility index (Phi) is 5.62. The molecule has 1 aliphatic rings. The summed E-state index contributed by atoms with van der Waals surface area (Å²) < 4.78 is 0. The second-order valence-corrected chi connectivity index (χ2v) is 8.10. The van der Waals surface area contributed by atoms with E-state index in [9.17, 15) is 9.59 Å². The molecular weight excluding hydrogens is 312 g/mol. The van der Waals surface area contributed by atoms with E-state index in [1.807, 2.05) is 5.38 Å². The Hall–Kier alpha value is -1.63. The minimum Gasteiger partial charge on any atom is -0.370 e. The van der Waals surface area contributed by atoms with Gasteiger partial charge in [0.1, 0.15) is 5.01 Å². The van der Waals surface area contributed by atoms with Crippen molar-refractivity contribution in [3.05, 3.63) is 16.1 Å². The summed E-state index contributed by atoms with van der Waals surface area (Å²) in [5.41, 5.74) is 6.32. The molecule has 0 spiro atoms. The molecule has 0 saturated carbocycles. The molecule has 0 radical (unpaired) electrons. The maximum absolute atomic E-state index is 12.3. The highest BCUT2D eigenvalue weighted by Gasteiger charge is 2.25. The van der Waals surface area contributed by atoms with Crippen molar-refractivity contribution in [1.82, 2.24) is 15.2 Å². The van der Waals surface area contributed by atoms with Gasteiger partial charge in [0.15, 0.2) is 0 Å². The molecule has 1 fully saturated rings. The highest BCUT2D eigenvalue weighted by atomic mass is 32.1. The molecule has 6 nitrogen and oxygen atoms in total. The van der Waals surface area contributed by atoms with Gasteiger partial charge in [-0.3, -0.25) is 4.79 Å². The van der Waals surface area contributed by atoms with Gasteiger partial charge in [-0.25, -0.2) is 9.78 Å². The smallest absolute Gasteiger partial charge is 0.317 e. The lowest BCUT2D eigenvalue weighted by Gasteiger charge is -2.32. The standard InChI is InChI=1S/C16H26N4O2S/c1-16(2,3)12-10-23-14(19-12)8-18-15(22)20-6-4-5-11(9-20)7-13(17)21/h10-11H,4-9H2,1-3H3,(H2,17,21)(H,18,22). The van der Waals surface area contributed by atoms with E-state index in [1.165, 1.54) is 0 Å². The van der Waals surface area contributed by atoms with E-state index in [2.05, 4.69) is 31.1 Å². The monoisotopic (exact) mass is 338 g/mol. The van der Waals surface area contributed by atoms with Crippen LogP contribution in [0.2, 0.25) is 0 Å². The van der Waals surface area contributed by atoms with Crippen LogP contribution in [0, 0.1) is 5.92 Å². The molecule has 0 aliphatic carbocycles. The van der Waals surface area contributed by atoms with Gasteiger partial charge < -0.3 is 16.0 Å². The number of urea groups is 1. The van der Waals surface area contributed by atoms with E-state index in [0.717, 1.165) is 30.1 Å². The van der Waals surface area contributed by atoms with E-state index >= 15 is 0 Å². The van der Waals surface area contributed by atoms with Crippen LogP contribution >= 0.6 is 11.3 Å². The number of hydrogen-bond acceptors (Lipinski definition) is 4. The molecular formula is C16H26N4O2S.